The molecule has 0 bridgehead atoms. The minimum absolute atomic E-state index is 0.0752. The standard InChI is InChI=1S/C12H15FN2O2/c13-10-3-1-2-9(6-10)11-7-17-8-12(16)15(11)5-4-14/h1-3,6,11H,4-5,7-8,14H2. The fraction of sp³-hybridized carbons (Fsp3) is 0.417. The van der Waals surface area contributed by atoms with E-state index in [1.165, 1.54) is 12.1 Å². The predicted molar refractivity (Wildman–Crippen MR) is 60.7 cm³/mol. The summed E-state index contributed by atoms with van der Waals surface area (Å²) in [5.74, 6) is -0.413. The maximum Gasteiger partial charge on any atom is 0.249 e. The molecule has 0 aromatic heterocycles. The number of carbonyl (C=O) groups excluding carboxylic acids is 1. The fourth-order valence-electron chi connectivity index (χ4n) is 2.01. The molecule has 1 amide bonds. The van der Waals surface area contributed by atoms with Crippen molar-refractivity contribution in [3.63, 3.8) is 0 Å². The van der Waals surface area contributed by atoms with Crippen molar-refractivity contribution in [3.8, 4) is 0 Å². The van der Waals surface area contributed by atoms with Crippen LogP contribution in [0.3, 0.4) is 0 Å². The molecule has 5 heteroatoms. The van der Waals surface area contributed by atoms with Crippen LogP contribution >= 0.6 is 0 Å². The summed E-state index contributed by atoms with van der Waals surface area (Å²) in [6.07, 6.45) is 0. The molecule has 1 fully saturated rings. The molecule has 0 saturated carbocycles. The van der Waals surface area contributed by atoms with E-state index in [1.807, 2.05) is 0 Å². The number of halogens is 1. The number of hydrogen-bond acceptors (Lipinski definition) is 3. The van der Waals surface area contributed by atoms with Gasteiger partial charge >= 0.3 is 0 Å². The van der Waals surface area contributed by atoms with Crippen molar-refractivity contribution in [2.75, 3.05) is 26.3 Å². The Bertz CT molecular complexity index is 411. The first-order valence-electron chi connectivity index (χ1n) is 5.55. The average Bonchev–Trinajstić information content (AvgIpc) is 2.32. The van der Waals surface area contributed by atoms with E-state index in [4.69, 9.17) is 10.5 Å². The Labute approximate surface area is 99.2 Å². The number of morpholine rings is 1. The van der Waals surface area contributed by atoms with Gasteiger partial charge in [0.05, 0.1) is 12.6 Å². The first-order chi connectivity index (χ1) is 8.22. The molecule has 1 heterocycles. The summed E-state index contributed by atoms with van der Waals surface area (Å²) in [4.78, 5) is 13.4. The second-order valence-electron chi connectivity index (χ2n) is 3.96. The van der Waals surface area contributed by atoms with Crippen molar-refractivity contribution < 1.29 is 13.9 Å². The van der Waals surface area contributed by atoms with Crippen LogP contribution < -0.4 is 5.73 Å². The molecule has 1 aromatic carbocycles. The molecule has 2 N–H and O–H groups in total. The molecule has 0 spiro atoms. The zero-order valence-electron chi connectivity index (χ0n) is 9.43. The molecule has 17 heavy (non-hydrogen) atoms. The number of benzene rings is 1. The van der Waals surface area contributed by atoms with Crippen molar-refractivity contribution in [2.24, 2.45) is 5.73 Å². The highest BCUT2D eigenvalue weighted by Crippen LogP contribution is 2.24. The van der Waals surface area contributed by atoms with Gasteiger partial charge in [0.2, 0.25) is 5.91 Å². The largest absolute Gasteiger partial charge is 0.369 e. The van der Waals surface area contributed by atoms with Crippen molar-refractivity contribution >= 4 is 5.91 Å². The van der Waals surface area contributed by atoms with Gasteiger partial charge in [0.15, 0.2) is 0 Å². The summed E-state index contributed by atoms with van der Waals surface area (Å²) < 4.78 is 18.4. The Morgan fingerprint density at radius 1 is 1.53 bits per heavy atom. The van der Waals surface area contributed by atoms with Crippen molar-refractivity contribution in [2.45, 2.75) is 6.04 Å². The lowest BCUT2D eigenvalue weighted by atomic mass is 10.0. The molecular weight excluding hydrogens is 223 g/mol. The third-order valence-corrected chi connectivity index (χ3v) is 2.80. The van der Waals surface area contributed by atoms with Crippen molar-refractivity contribution in [3.05, 3.63) is 35.6 Å². The van der Waals surface area contributed by atoms with E-state index >= 15 is 0 Å². The molecule has 1 atom stereocenters. The van der Waals surface area contributed by atoms with Gasteiger partial charge in [-0.15, -0.1) is 0 Å². The van der Waals surface area contributed by atoms with Crippen LogP contribution in [0.15, 0.2) is 24.3 Å². The van der Waals surface area contributed by atoms with E-state index in [0.29, 0.717) is 19.7 Å². The lowest BCUT2D eigenvalue weighted by Crippen LogP contribution is -2.46. The highest BCUT2D eigenvalue weighted by Gasteiger charge is 2.29. The van der Waals surface area contributed by atoms with Gasteiger partial charge in [0, 0.05) is 13.1 Å². The molecule has 92 valence electrons. The molecule has 0 aliphatic carbocycles. The van der Waals surface area contributed by atoms with E-state index in [9.17, 15) is 9.18 Å². The van der Waals surface area contributed by atoms with Crippen LogP contribution in [-0.4, -0.2) is 37.1 Å². The van der Waals surface area contributed by atoms with Crippen LogP contribution in [0.4, 0.5) is 4.39 Å². The molecule has 4 nitrogen and oxygen atoms in total. The van der Waals surface area contributed by atoms with Crippen LogP contribution in [-0.2, 0) is 9.53 Å². The van der Waals surface area contributed by atoms with Gasteiger partial charge in [-0.1, -0.05) is 12.1 Å². The second kappa shape index (κ2) is 5.25. The Morgan fingerprint density at radius 3 is 3.06 bits per heavy atom. The lowest BCUT2D eigenvalue weighted by Gasteiger charge is -2.35. The Hall–Kier alpha value is -1.46. The zero-order chi connectivity index (χ0) is 12.3. The van der Waals surface area contributed by atoms with Crippen LogP contribution in [0.5, 0.6) is 0 Å². The van der Waals surface area contributed by atoms with Crippen LogP contribution in [0.2, 0.25) is 0 Å². The normalized spacial score (nSPS) is 20.7. The first-order valence-corrected chi connectivity index (χ1v) is 5.55. The predicted octanol–water partition coefficient (Wildman–Crippen LogP) is 0.684. The van der Waals surface area contributed by atoms with E-state index in [1.54, 1.807) is 17.0 Å². The van der Waals surface area contributed by atoms with Crippen molar-refractivity contribution in [1.29, 1.82) is 0 Å². The second-order valence-corrected chi connectivity index (χ2v) is 3.96. The van der Waals surface area contributed by atoms with Crippen molar-refractivity contribution in [1.82, 2.24) is 4.90 Å². The number of carbonyl (C=O) groups is 1. The first kappa shape index (κ1) is 12.0. The molecule has 0 radical (unpaired) electrons. The Balaban J connectivity index is 2.24. The maximum absolute atomic E-state index is 13.2. The van der Waals surface area contributed by atoms with Crippen LogP contribution in [0, 0.1) is 5.82 Å². The van der Waals surface area contributed by atoms with Crippen LogP contribution in [0.25, 0.3) is 0 Å². The quantitative estimate of drug-likeness (QED) is 0.842. The monoisotopic (exact) mass is 238 g/mol. The van der Waals surface area contributed by atoms with E-state index in [2.05, 4.69) is 0 Å². The van der Waals surface area contributed by atoms with Gasteiger partial charge in [0.25, 0.3) is 0 Å². The number of amides is 1. The van der Waals surface area contributed by atoms with Gasteiger partial charge in [-0.2, -0.15) is 0 Å². The minimum Gasteiger partial charge on any atom is -0.369 e. The van der Waals surface area contributed by atoms with Gasteiger partial charge in [-0.25, -0.2) is 4.39 Å². The highest BCUT2D eigenvalue weighted by atomic mass is 19.1. The molecule has 1 saturated heterocycles. The van der Waals surface area contributed by atoms with E-state index < -0.39 is 0 Å². The van der Waals surface area contributed by atoms with Gasteiger partial charge in [-0.05, 0) is 17.7 Å². The zero-order valence-corrected chi connectivity index (χ0v) is 9.43. The van der Waals surface area contributed by atoms with Gasteiger partial charge in [0.1, 0.15) is 12.4 Å². The average molecular weight is 238 g/mol. The maximum atomic E-state index is 13.2. The number of rotatable bonds is 3. The molecule has 2 rings (SSSR count). The number of nitrogens with zero attached hydrogens (tertiary/aromatic N) is 1. The molecule has 1 aliphatic heterocycles. The molecule has 1 aliphatic rings. The SMILES string of the molecule is NCCN1C(=O)COCC1c1cccc(F)c1. The third-order valence-electron chi connectivity index (χ3n) is 2.80. The minimum atomic E-state index is -0.312. The summed E-state index contributed by atoms with van der Waals surface area (Å²) in [6.45, 7) is 1.31. The topological polar surface area (TPSA) is 55.6 Å². The summed E-state index contributed by atoms with van der Waals surface area (Å²) in [5, 5.41) is 0. The summed E-state index contributed by atoms with van der Waals surface area (Å²) in [6, 6.07) is 5.98. The molecule has 1 aromatic rings. The van der Waals surface area contributed by atoms with Gasteiger partial charge in [-0.3, -0.25) is 4.79 Å². The molecule has 1 unspecified atom stereocenters. The Morgan fingerprint density at radius 2 is 2.35 bits per heavy atom. The summed E-state index contributed by atoms with van der Waals surface area (Å²) >= 11 is 0. The molecular formula is C12H15FN2O2. The number of nitrogens with two attached hydrogens (primary N) is 1. The van der Waals surface area contributed by atoms with Gasteiger partial charge < -0.3 is 15.4 Å². The fourth-order valence-corrected chi connectivity index (χ4v) is 2.01. The smallest absolute Gasteiger partial charge is 0.249 e. The Kier molecular flexibility index (Phi) is 3.71. The highest BCUT2D eigenvalue weighted by molar-refractivity contribution is 5.78. The number of hydrogen-bond donors (Lipinski definition) is 1. The van der Waals surface area contributed by atoms with E-state index in [0.717, 1.165) is 5.56 Å². The third kappa shape index (κ3) is 2.62. The summed E-state index contributed by atoms with van der Waals surface area (Å²) in [7, 11) is 0. The lowest BCUT2D eigenvalue weighted by molar-refractivity contribution is -0.148. The van der Waals surface area contributed by atoms with E-state index in [-0.39, 0.29) is 24.4 Å². The number of ether oxygens (including phenoxy) is 1. The summed E-state index contributed by atoms with van der Waals surface area (Å²) in [5.41, 5.74) is 6.23. The van der Waals surface area contributed by atoms with Crippen LogP contribution in [0.1, 0.15) is 11.6 Å².